The first kappa shape index (κ1) is 64.5. The average Bonchev–Trinajstić information content (AvgIpc) is 1.95. The second kappa shape index (κ2) is 27.6. The zero-order valence-electron chi connectivity index (χ0n) is 49.8. The van der Waals surface area contributed by atoms with Crippen molar-refractivity contribution in [2.24, 2.45) is 17.1 Å². The third-order valence-corrected chi connectivity index (χ3v) is 18.3. The van der Waals surface area contributed by atoms with Crippen LogP contribution in [0.25, 0.3) is 27.4 Å². The summed E-state index contributed by atoms with van der Waals surface area (Å²) >= 11 is 1.56. The number of aromatic nitrogens is 2. The van der Waals surface area contributed by atoms with Crippen LogP contribution in [0.3, 0.4) is 0 Å². The SMILES string of the molecule is Cc1ncsc1-c1ccc(CNC(=O)[C@@H]2C[C@@H](O)CN2C(=O)[C@@H](NC(=O)CCC/C=C/c2ccc(CO[C@H](C)[C@H](CCC(N)=O)NC(=O)[C@@H]3Cc4cccc5c4N3C(=O)[C@@H](CC(=O)c3cc4cc(C(=O)P(=O)(O)O)ccc4[nH]3)CC5)cc2)C(C)(C)C)cc1. The molecule has 0 saturated carbocycles. The first-order valence-electron chi connectivity index (χ1n) is 29.5. The highest BCUT2D eigenvalue weighted by atomic mass is 32.1. The van der Waals surface area contributed by atoms with Crippen LogP contribution in [0.1, 0.15) is 133 Å². The monoisotopic (exact) mass is 1240 g/mol. The molecule has 0 radical (unpaired) electrons. The number of aryl methyl sites for hydroxylation is 2. The van der Waals surface area contributed by atoms with E-state index in [2.05, 4.69) is 25.9 Å². The summed E-state index contributed by atoms with van der Waals surface area (Å²) < 4.78 is 17.9. The third kappa shape index (κ3) is 15.5. The fourth-order valence-corrected chi connectivity index (χ4v) is 13.0. The molecule has 88 heavy (non-hydrogen) atoms. The van der Waals surface area contributed by atoms with Crippen molar-refractivity contribution in [3.8, 4) is 10.4 Å². The molecule has 5 heterocycles. The number of aromatic amines is 1. The molecule has 23 heteroatoms. The molecular weight excluding hydrogens is 1160 g/mol. The lowest BCUT2D eigenvalue weighted by Gasteiger charge is -2.35. The molecule has 464 valence electrons. The summed E-state index contributed by atoms with van der Waals surface area (Å²) in [4.78, 5) is 138. The number of Topliss-reactive ketones (excluding diaryl/α,β-unsaturated/α-hetero) is 1. The maximum absolute atomic E-state index is 14.6. The Kier molecular flexibility index (Phi) is 20.2. The number of rotatable bonds is 25. The number of primary amides is 1. The van der Waals surface area contributed by atoms with Crippen LogP contribution in [0.5, 0.6) is 0 Å². The Labute approximate surface area is 514 Å². The van der Waals surface area contributed by atoms with E-state index < -0.39 is 90.2 Å². The Morgan fingerprint density at radius 1 is 0.920 bits per heavy atom. The number of hydrogen-bond donors (Lipinski definition) is 8. The number of nitrogens with zero attached hydrogens (tertiary/aromatic N) is 3. The van der Waals surface area contributed by atoms with Crippen LogP contribution in [-0.4, -0.2) is 119 Å². The topological polar surface area (TPSA) is 321 Å². The van der Waals surface area contributed by atoms with E-state index in [4.69, 9.17) is 10.5 Å². The molecule has 3 aliphatic heterocycles. The molecule has 9 N–H and O–H groups in total. The summed E-state index contributed by atoms with van der Waals surface area (Å²) in [6.07, 6.45) is 4.64. The molecular formula is C65H75N8O13PS. The number of nitrogens with one attached hydrogen (secondary N) is 4. The van der Waals surface area contributed by atoms with Crippen molar-refractivity contribution in [3.05, 3.63) is 147 Å². The number of hydrogen-bond acceptors (Lipinski definition) is 13. The van der Waals surface area contributed by atoms with Crippen molar-refractivity contribution in [3.63, 3.8) is 0 Å². The van der Waals surface area contributed by atoms with Gasteiger partial charge in [0.05, 0.1) is 52.3 Å². The Balaban J connectivity index is 0.748. The van der Waals surface area contributed by atoms with Crippen LogP contribution in [0.4, 0.5) is 5.69 Å². The second-order valence-corrected chi connectivity index (χ2v) is 26.5. The molecule has 0 spiro atoms. The zero-order chi connectivity index (χ0) is 63.2. The highest BCUT2D eigenvalue weighted by Crippen LogP contribution is 2.42. The van der Waals surface area contributed by atoms with E-state index >= 15 is 0 Å². The molecule has 7 atom stereocenters. The molecule has 1 fully saturated rings. The minimum atomic E-state index is -5.04. The molecule has 0 aliphatic carbocycles. The number of benzene rings is 4. The molecule has 4 aromatic carbocycles. The average molecular weight is 1240 g/mol. The van der Waals surface area contributed by atoms with E-state index in [-0.39, 0.29) is 81.3 Å². The van der Waals surface area contributed by atoms with Crippen LogP contribution < -0.4 is 26.6 Å². The summed E-state index contributed by atoms with van der Waals surface area (Å²) in [5.74, 6) is -3.74. The normalized spacial score (nSPS) is 18.6. The van der Waals surface area contributed by atoms with Gasteiger partial charge >= 0.3 is 7.60 Å². The number of H-pyrrole nitrogens is 1. The molecule has 21 nitrogen and oxygen atoms in total. The number of ketones is 1. The number of allylic oxidation sites excluding steroid dienone is 1. The first-order valence-corrected chi connectivity index (χ1v) is 32.0. The number of thiazole rings is 1. The summed E-state index contributed by atoms with van der Waals surface area (Å²) in [5, 5.41) is 20.0. The number of ether oxygens (including phenoxy) is 1. The van der Waals surface area contributed by atoms with Gasteiger partial charge in [-0.15, -0.1) is 11.3 Å². The van der Waals surface area contributed by atoms with Crippen molar-refractivity contribution < 1.29 is 62.6 Å². The molecule has 3 aliphatic rings. The minimum absolute atomic E-state index is 0.0274. The smallest absolute Gasteiger partial charge is 0.391 e. The van der Waals surface area contributed by atoms with Gasteiger partial charge in [0.15, 0.2) is 5.78 Å². The van der Waals surface area contributed by atoms with Gasteiger partial charge in [0.25, 0.3) is 5.52 Å². The number of likely N-dealkylation sites (tertiary alicyclic amines) is 1. The van der Waals surface area contributed by atoms with Crippen LogP contribution in [0.15, 0.2) is 103 Å². The van der Waals surface area contributed by atoms with Crippen molar-refractivity contribution in [2.45, 2.75) is 148 Å². The number of carbonyl (C=O) groups excluding carboxylic acids is 8. The number of amides is 6. The maximum Gasteiger partial charge on any atom is 0.396 e. The molecule has 1 saturated heterocycles. The van der Waals surface area contributed by atoms with Gasteiger partial charge < -0.3 is 51.2 Å². The quantitative estimate of drug-likeness (QED) is 0.0158. The Hall–Kier alpha value is -7.98. The van der Waals surface area contributed by atoms with Crippen molar-refractivity contribution in [1.82, 2.24) is 30.8 Å². The van der Waals surface area contributed by atoms with Gasteiger partial charge in [-0.25, -0.2) is 4.98 Å². The fraction of sp³-hybridized carbons (Fsp3) is 0.400. The summed E-state index contributed by atoms with van der Waals surface area (Å²) in [5.41, 5.74) is 12.7. The predicted molar refractivity (Wildman–Crippen MR) is 332 cm³/mol. The number of nitrogens with two attached hydrogens (primary N) is 1. The summed E-state index contributed by atoms with van der Waals surface area (Å²) in [6, 6.07) is 23.1. The van der Waals surface area contributed by atoms with E-state index in [1.165, 1.54) is 34.1 Å². The Bertz CT molecular complexity index is 3700. The lowest BCUT2D eigenvalue weighted by molar-refractivity contribution is -0.144. The minimum Gasteiger partial charge on any atom is -0.391 e. The van der Waals surface area contributed by atoms with E-state index in [1.807, 2.05) is 107 Å². The van der Waals surface area contributed by atoms with Crippen LogP contribution in [-0.2, 0) is 64.1 Å². The number of anilines is 1. The number of aliphatic hydroxyl groups excluding tert-OH is 1. The van der Waals surface area contributed by atoms with Gasteiger partial charge in [-0.2, -0.15) is 0 Å². The van der Waals surface area contributed by atoms with Crippen molar-refractivity contribution in [1.29, 1.82) is 0 Å². The second-order valence-electron chi connectivity index (χ2n) is 24.2. The molecule has 0 bridgehead atoms. The Morgan fingerprint density at radius 3 is 2.34 bits per heavy atom. The highest BCUT2D eigenvalue weighted by molar-refractivity contribution is 7.70. The number of fused-ring (bicyclic) bond motifs is 1. The summed E-state index contributed by atoms with van der Waals surface area (Å²) in [7, 11) is -5.04. The Morgan fingerprint density at radius 2 is 1.65 bits per heavy atom. The van der Waals surface area contributed by atoms with E-state index in [0.29, 0.717) is 42.3 Å². The largest absolute Gasteiger partial charge is 0.396 e. The number of carbonyl (C=O) groups is 8. The van der Waals surface area contributed by atoms with Gasteiger partial charge in [-0.1, -0.05) is 99.7 Å². The summed E-state index contributed by atoms with van der Waals surface area (Å²) in [6.45, 7) is 9.66. The number of unbranched alkanes of at least 4 members (excludes halogenated alkanes) is 1. The molecule has 2 aromatic heterocycles. The number of β-amino-alcohol motifs (C(OH)–C–C–N with tert-alkyl or cyclic N) is 1. The third-order valence-electron chi connectivity index (χ3n) is 16.6. The van der Waals surface area contributed by atoms with Gasteiger partial charge in [-0.05, 0) is 109 Å². The first-order chi connectivity index (χ1) is 41.8. The standard InChI is InChI=1S/C65H75N8O13PS/c1-37-58(88-36-68-37)43-20-18-40(19-21-43)33-67-60(78)52-32-48(74)34-72(52)63(81)59(65(3,4)5)71-56(77)13-8-6-7-10-39-14-16-41(17-15-39)35-86-38(2)49(26-27-55(66)76)70-61(79)53-30-44-12-9-11-42-22-23-45(62(80)73(53)57(42)44)31-54(75)51-29-47-28-46(24-25-50(47)69-51)64(82)87(83,84)85/h7,9-12,14-21,24-25,28-29,36,38,45,48-49,52-53,59,69,74H,6,8,13,22-23,26-27,30-35H2,1-5H3,(H2,66,76)(H,67,78)(H,70,79)(H,71,77)(H2,83,84,85)/b10-7+/t38-,45-,48-,49+,52+,53+,59-/m1/s1. The lowest BCUT2D eigenvalue weighted by Crippen LogP contribution is -2.57. The van der Waals surface area contributed by atoms with Crippen LogP contribution in [0, 0.1) is 18.3 Å². The molecule has 6 amide bonds. The molecule has 0 unspecified atom stereocenters. The number of para-hydroxylation sites is 1. The predicted octanol–water partition coefficient (Wildman–Crippen LogP) is 7.36. The molecule has 6 aromatic rings. The zero-order valence-corrected chi connectivity index (χ0v) is 51.5. The van der Waals surface area contributed by atoms with Crippen LogP contribution in [0.2, 0.25) is 0 Å². The highest BCUT2D eigenvalue weighted by Gasteiger charge is 2.46. The molecule has 9 rings (SSSR count). The lowest BCUT2D eigenvalue weighted by atomic mass is 9.85. The van der Waals surface area contributed by atoms with Crippen molar-refractivity contribution in [2.75, 3.05) is 11.4 Å². The van der Waals surface area contributed by atoms with E-state index in [0.717, 1.165) is 44.0 Å². The van der Waals surface area contributed by atoms with Crippen molar-refractivity contribution >= 4 is 88.3 Å². The van der Waals surface area contributed by atoms with E-state index in [1.54, 1.807) is 23.8 Å². The maximum atomic E-state index is 14.6. The van der Waals surface area contributed by atoms with Gasteiger partial charge in [-0.3, -0.25) is 47.8 Å². The van der Waals surface area contributed by atoms with Crippen LogP contribution >= 0.6 is 18.9 Å². The van der Waals surface area contributed by atoms with Gasteiger partial charge in [0, 0.05) is 67.6 Å². The van der Waals surface area contributed by atoms with E-state index in [9.17, 15) is 57.8 Å². The van der Waals surface area contributed by atoms with Gasteiger partial charge in [0.1, 0.15) is 18.1 Å². The fourth-order valence-electron chi connectivity index (χ4n) is 11.7. The van der Waals surface area contributed by atoms with Gasteiger partial charge in [0.2, 0.25) is 35.4 Å². The number of aliphatic hydroxyl groups is 1.